The number of aryl methyl sites for hydroxylation is 1. The molecule has 0 radical (unpaired) electrons. The van der Waals surface area contributed by atoms with Gasteiger partial charge in [-0.2, -0.15) is 0 Å². The number of nitrogens with one attached hydrogen (secondary N) is 2. The van der Waals surface area contributed by atoms with Crippen LogP contribution in [-0.4, -0.2) is 50.7 Å². The normalized spacial score (nSPS) is 11.6. The number of ketones is 1. The fourth-order valence-corrected chi connectivity index (χ4v) is 5.67. The van der Waals surface area contributed by atoms with Crippen LogP contribution >= 0.6 is 23.1 Å². The van der Waals surface area contributed by atoms with Gasteiger partial charge in [0.2, 0.25) is 5.91 Å². The Balaban J connectivity index is 1.69. The number of carbonyl (C=O) groups excluding carboxylic acids is 4. The second kappa shape index (κ2) is 12.8. The number of Topliss-reactive ketones (excluding diaryl/α,β-unsaturated/α-hetero) is 1. The van der Waals surface area contributed by atoms with E-state index in [9.17, 15) is 19.2 Å². The van der Waals surface area contributed by atoms with Crippen molar-refractivity contribution in [1.29, 1.82) is 0 Å². The van der Waals surface area contributed by atoms with Gasteiger partial charge in [-0.25, -0.2) is 4.79 Å². The van der Waals surface area contributed by atoms with E-state index in [1.165, 1.54) is 18.7 Å². The molecule has 0 aliphatic carbocycles. The maximum atomic E-state index is 12.8. The van der Waals surface area contributed by atoms with Crippen molar-refractivity contribution in [3.05, 3.63) is 57.2 Å². The van der Waals surface area contributed by atoms with Crippen molar-refractivity contribution in [2.45, 2.75) is 59.3 Å². The van der Waals surface area contributed by atoms with Gasteiger partial charge in [-0.05, 0) is 59.2 Å². The van der Waals surface area contributed by atoms with Crippen molar-refractivity contribution in [3.63, 3.8) is 0 Å². The summed E-state index contributed by atoms with van der Waals surface area (Å²) >= 11 is 2.24. The minimum atomic E-state index is -0.589. The molecule has 2 heterocycles. The van der Waals surface area contributed by atoms with Crippen molar-refractivity contribution >= 4 is 51.7 Å². The SMILES string of the molecule is CCOC(=O)c1c(NC(=O)CSc2nnc([C@@H](C)NC(=O)c3ccc(C)cc3)n2CC)sc(C(C)=O)c1C. The number of carbonyl (C=O) groups is 4. The molecule has 0 unspecified atom stereocenters. The molecule has 202 valence electrons. The molecule has 0 aliphatic rings. The first kappa shape index (κ1) is 29.1. The zero-order valence-electron chi connectivity index (χ0n) is 22.2. The Labute approximate surface area is 229 Å². The summed E-state index contributed by atoms with van der Waals surface area (Å²) < 4.78 is 6.96. The summed E-state index contributed by atoms with van der Waals surface area (Å²) in [7, 11) is 0. The van der Waals surface area contributed by atoms with Gasteiger partial charge in [0.1, 0.15) is 5.00 Å². The molecule has 3 rings (SSSR count). The fourth-order valence-electron chi connectivity index (χ4n) is 3.75. The van der Waals surface area contributed by atoms with Gasteiger partial charge in [-0.15, -0.1) is 21.5 Å². The smallest absolute Gasteiger partial charge is 0.341 e. The lowest BCUT2D eigenvalue weighted by Gasteiger charge is -2.15. The van der Waals surface area contributed by atoms with Crippen molar-refractivity contribution in [1.82, 2.24) is 20.1 Å². The Morgan fingerprint density at radius 3 is 2.39 bits per heavy atom. The van der Waals surface area contributed by atoms with E-state index in [0.717, 1.165) is 16.9 Å². The minimum absolute atomic E-state index is 0.00312. The van der Waals surface area contributed by atoms with Gasteiger partial charge < -0.3 is 19.9 Å². The van der Waals surface area contributed by atoms with E-state index in [1.54, 1.807) is 26.0 Å². The summed E-state index contributed by atoms with van der Waals surface area (Å²) in [6.45, 7) is 11.2. The molecule has 2 aromatic heterocycles. The highest BCUT2D eigenvalue weighted by Crippen LogP contribution is 2.34. The third-order valence-corrected chi connectivity index (χ3v) is 7.92. The van der Waals surface area contributed by atoms with Gasteiger partial charge >= 0.3 is 5.97 Å². The molecule has 3 aromatic rings. The maximum absolute atomic E-state index is 12.8. The summed E-state index contributed by atoms with van der Waals surface area (Å²) in [5.41, 5.74) is 2.30. The Kier molecular flexibility index (Phi) is 9.81. The van der Waals surface area contributed by atoms with Crippen molar-refractivity contribution in [3.8, 4) is 0 Å². The van der Waals surface area contributed by atoms with E-state index in [1.807, 2.05) is 37.5 Å². The van der Waals surface area contributed by atoms with Crippen LogP contribution in [0.15, 0.2) is 29.4 Å². The summed E-state index contributed by atoms with van der Waals surface area (Å²) in [6, 6.07) is 6.88. The summed E-state index contributed by atoms with van der Waals surface area (Å²) in [4.78, 5) is 50.3. The lowest BCUT2D eigenvalue weighted by Crippen LogP contribution is -2.28. The van der Waals surface area contributed by atoms with Crippen LogP contribution in [0.4, 0.5) is 5.00 Å². The number of hydrogen-bond donors (Lipinski definition) is 2. The molecule has 12 heteroatoms. The van der Waals surface area contributed by atoms with Gasteiger partial charge in [0, 0.05) is 12.1 Å². The zero-order valence-corrected chi connectivity index (χ0v) is 23.8. The van der Waals surface area contributed by atoms with E-state index < -0.39 is 12.0 Å². The lowest BCUT2D eigenvalue weighted by atomic mass is 10.1. The third kappa shape index (κ3) is 6.67. The van der Waals surface area contributed by atoms with Crippen molar-refractivity contribution in [2.24, 2.45) is 0 Å². The number of rotatable bonds is 11. The number of ether oxygens (including phenoxy) is 1. The maximum Gasteiger partial charge on any atom is 0.341 e. The predicted molar refractivity (Wildman–Crippen MR) is 147 cm³/mol. The van der Waals surface area contributed by atoms with E-state index >= 15 is 0 Å². The fraction of sp³-hybridized carbons (Fsp3) is 0.385. The number of nitrogens with zero attached hydrogens (tertiary/aromatic N) is 3. The first-order valence-corrected chi connectivity index (χ1v) is 13.9. The molecule has 2 N–H and O–H groups in total. The molecule has 0 spiro atoms. The van der Waals surface area contributed by atoms with Gasteiger partial charge in [-0.1, -0.05) is 29.5 Å². The van der Waals surface area contributed by atoms with E-state index in [2.05, 4.69) is 20.8 Å². The zero-order chi connectivity index (χ0) is 28.0. The monoisotopic (exact) mass is 557 g/mol. The summed E-state index contributed by atoms with van der Waals surface area (Å²) in [5.74, 6) is -0.805. The van der Waals surface area contributed by atoms with Crippen LogP contribution in [0.5, 0.6) is 0 Å². The number of benzene rings is 1. The molecule has 0 saturated heterocycles. The molecule has 10 nitrogen and oxygen atoms in total. The predicted octanol–water partition coefficient (Wildman–Crippen LogP) is 4.58. The molecule has 1 atom stereocenters. The lowest BCUT2D eigenvalue weighted by molar-refractivity contribution is -0.113. The molecule has 0 fully saturated rings. The number of thioether (sulfide) groups is 1. The summed E-state index contributed by atoms with van der Waals surface area (Å²) in [6.07, 6.45) is 0. The highest BCUT2D eigenvalue weighted by molar-refractivity contribution is 7.99. The number of amides is 2. The van der Waals surface area contributed by atoms with Crippen LogP contribution in [0, 0.1) is 13.8 Å². The number of thiophene rings is 1. The number of aromatic nitrogens is 3. The Bertz CT molecular complexity index is 1350. The highest BCUT2D eigenvalue weighted by Gasteiger charge is 2.26. The molecule has 0 saturated carbocycles. The molecule has 38 heavy (non-hydrogen) atoms. The second-order valence-corrected chi connectivity index (χ2v) is 10.5. The highest BCUT2D eigenvalue weighted by atomic mass is 32.2. The average molecular weight is 558 g/mol. The average Bonchev–Trinajstić information content (AvgIpc) is 3.43. The second-order valence-electron chi connectivity index (χ2n) is 8.52. The number of esters is 1. The van der Waals surface area contributed by atoms with E-state index in [-0.39, 0.29) is 40.5 Å². The minimum Gasteiger partial charge on any atom is -0.462 e. The standard InChI is InChI=1S/C26H31N5O5S2/c1-7-31-22(16(5)27-23(34)18-11-9-14(3)10-12-18)29-30-26(31)37-13-19(33)28-24-20(25(35)36-8-2)15(4)21(38-24)17(6)32/h9-12,16H,7-8,13H2,1-6H3,(H,27,34)(H,28,33)/t16-/m1/s1. The largest absolute Gasteiger partial charge is 0.462 e. The quantitative estimate of drug-likeness (QED) is 0.199. The van der Waals surface area contributed by atoms with Crippen LogP contribution in [0.25, 0.3) is 0 Å². The van der Waals surface area contributed by atoms with Crippen LogP contribution in [0.3, 0.4) is 0 Å². The Morgan fingerprint density at radius 2 is 1.79 bits per heavy atom. The molecule has 0 bridgehead atoms. The number of anilines is 1. The summed E-state index contributed by atoms with van der Waals surface area (Å²) in [5, 5.41) is 15.0. The first-order valence-electron chi connectivity index (χ1n) is 12.1. The van der Waals surface area contributed by atoms with Gasteiger partial charge in [0.15, 0.2) is 16.8 Å². The Morgan fingerprint density at radius 1 is 1.11 bits per heavy atom. The van der Waals surface area contributed by atoms with Gasteiger partial charge in [-0.3, -0.25) is 14.4 Å². The third-order valence-electron chi connectivity index (χ3n) is 5.64. The van der Waals surface area contributed by atoms with Crippen LogP contribution < -0.4 is 10.6 Å². The molecular weight excluding hydrogens is 526 g/mol. The molecule has 0 aliphatic heterocycles. The van der Waals surface area contributed by atoms with Crippen LogP contribution in [-0.2, 0) is 16.1 Å². The van der Waals surface area contributed by atoms with Gasteiger partial charge in [0.25, 0.3) is 5.91 Å². The topological polar surface area (TPSA) is 132 Å². The van der Waals surface area contributed by atoms with Crippen LogP contribution in [0.2, 0.25) is 0 Å². The first-order chi connectivity index (χ1) is 18.1. The van der Waals surface area contributed by atoms with E-state index in [4.69, 9.17) is 4.74 Å². The molecule has 1 aromatic carbocycles. The Hall–Kier alpha value is -3.51. The van der Waals surface area contributed by atoms with Crippen LogP contribution in [0.1, 0.15) is 81.1 Å². The van der Waals surface area contributed by atoms with Gasteiger partial charge in [0.05, 0.1) is 28.8 Å². The number of hydrogen-bond acceptors (Lipinski definition) is 9. The molecular formula is C26H31N5O5S2. The molecule has 2 amide bonds. The van der Waals surface area contributed by atoms with Crippen molar-refractivity contribution in [2.75, 3.05) is 17.7 Å². The van der Waals surface area contributed by atoms with Crippen molar-refractivity contribution < 1.29 is 23.9 Å². The van der Waals surface area contributed by atoms with E-state index in [0.29, 0.717) is 33.5 Å².